The highest BCUT2D eigenvalue weighted by Crippen LogP contribution is 2.30. The Morgan fingerprint density at radius 1 is 1.22 bits per heavy atom. The van der Waals surface area contributed by atoms with Crippen molar-refractivity contribution in [3.8, 4) is 0 Å². The van der Waals surface area contributed by atoms with Gasteiger partial charge in [0.25, 0.3) is 5.91 Å². The summed E-state index contributed by atoms with van der Waals surface area (Å²) in [5.41, 5.74) is 0.451. The number of amides is 2. The summed E-state index contributed by atoms with van der Waals surface area (Å²) in [6, 6.07) is 7.54. The molecule has 1 heterocycles. The van der Waals surface area contributed by atoms with Crippen LogP contribution in [0.25, 0.3) is 0 Å². The van der Waals surface area contributed by atoms with Gasteiger partial charge in [-0.05, 0) is 56.2 Å². The molecule has 1 saturated heterocycles. The number of nitrogens with one attached hydrogen (secondary N) is 1. The lowest BCUT2D eigenvalue weighted by Crippen LogP contribution is -2.40. The van der Waals surface area contributed by atoms with Gasteiger partial charge >= 0.3 is 0 Å². The molecule has 2 aliphatic rings. The van der Waals surface area contributed by atoms with Gasteiger partial charge in [0.15, 0.2) is 0 Å². The van der Waals surface area contributed by atoms with Crippen molar-refractivity contribution in [1.29, 1.82) is 0 Å². The Kier molecular flexibility index (Phi) is 4.66. The van der Waals surface area contributed by atoms with Gasteiger partial charge in [-0.1, -0.05) is 12.1 Å². The summed E-state index contributed by atoms with van der Waals surface area (Å²) < 4.78 is 0. The second-order valence-corrected chi connectivity index (χ2v) is 6.67. The number of hydrogen-bond acceptors (Lipinski definition) is 3. The summed E-state index contributed by atoms with van der Waals surface area (Å²) in [7, 11) is 0. The molecule has 5 nitrogen and oxygen atoms in total. The number of carbonyl (C=O) groups is 2. The molecule has 1 aliphatic carbocycles. The van der Waals surface area contributed by atoms with E-state index in [0.29, 0.717) is 31.5 Å². The number of nitrogens with zero attached hydrogens (tertiary/aromatic N) is 1. The third-order valence-corrected chi connectivity index (χ3v) is 4.83. The zero-order valence-electron chi connectivity index (χ0n) is 13.4. The topological polar surface area (TPSA) is 69.6 Å². The van der Waals surface area contributed by atoms with Crippen LogP contribution in [0.2, 0.25) is 0 Å². The Balaban J connectivity index is 1.65. The first-order chi connectivity index (χ1) is 11.1. The molecule has 1 aliphatic heterocycles. The fourth-order valence-corrected chi connectivity index (χ4v) is 3.43. The average Bonchev–Trinajstić information content (AvgIpc) is 2.98. The summed E-state index contributed by atoms with van der Waals surface area (Å²) in [6.07, 6.45) is 5.49. The van der Waals surface area contributed by atoms with Crippen LogP contribution in [-0.4, -0.2) is 34.0 Å². The van der Waals surface area contributed by atoms with Gasteiger partial charge in [0.05, 0.1) is 0 Å². The number of carbonyl (C=O) groups excluding carboxylic acids is 2. The summed E-state index contributed by atoms with van der Waals surface area (Å²) >= 11 is 0. The molecule has 2 fully saturated rings. The molecule has 0 atom stereocenters. The molecule has 0 spiro atoms. The van der Waals surface area contributed by atoms with E-state index in [-0.39, 0.29) is 11.8 Å². The fraction of sp³-hybridized carbons (Fsp3) is 0.556. The Bertz CT molecular complexity index is 594. The van der Waals surface area contributed by atoms with Gasteiger partial charge < -0.3 is 15.3 Å². The van der Waals surface area contributed by atoms with Crippen LogP contribution in [0.3, 0.4) is 0 Å². The maximum absolute atomic E-state index is 12.3. The Labute approximate surface area is 136 Å². The van der Waals surface area contributed by atoms with Crippen molar-refractivity contribution >= 4 is 17.5 Å². The maximum Gasteiger partial charge on any atom is 0.256 e. The molecule has 2 amide bonds. The summed E-state index contributed by atoms with van der Waals surface area (Å²) in [5, 5.41) is 13.1. The zero-order chi connectivity index (χ0) is 16.3. The molecule has 0 bridgehead atoms. The molecule has 3 rings (SSSR count). The van der Waals surface area contributed by atoms with E-state index in [1.807, 2.05) is 29.2 Å². The van der Waals surface area contributed by atoms with Crippen molar-refractivity contribution in [3.05, 3.63) is 29.8 Å². The van der Waals surface area contributed by atoms with Gasteiger partial charge in [0, 0.05) is 25.2 Å². The molecule has 1 aromatic carbocycles. The number of rotatable bonds is 4. The Morgan fingerprint density at radius 2 is 2.00 bits per heavy atom. The number of benzene rings is 1. The summed E-state index contributed by atoms with van der Waals surface area (Å²) in [4.78, 5) is 26.0. The molecular weight excluding hydrogens is 292 g/mol. The van der Waals surface area contributed by atoms with Crippen LogP contribution in [0, 0.1) is 0 Å². The van der Waals surface area contributed by atoms with Crippen LogP contribution in [0.1, 0.15) is 50.5 Å². The molecule has 2 N–H and O–H groups in total. The number of piperidine rings is 1. The normalized spacial score (nSPS) is 20.6. The van der Waals surface area contributed by atoms with Gasteiger partial charge in [-0.2, -0.15) is 0 Å². The second kappa shape index (κ2) is 6.71. The number of likely N-dealkylation sites (tertiary alicyclic amines) is 1. The third-order valence-electron chi connectivity index (χ3n) is 4.83. The van der Waals surface area contributed by atoms with E-state index >= 15 is 0 Å². The van der Waals surface area contributed by atoms with E-state index in [0.717, 1.165) is 37.8 Å². The number of anilines is 1. The minimum atomic E-state index is -1.22. The Morgan fingerprint density at radius 3 is 2.74 bits per heavy atom. The summed E-state index contributed by atoms with van der Waals surface area (Å²) in [5.74, 6) is -0.118. The largest absolute Gasteiger partial charge is 0.380 e. The number of hydrogen-bond donors (Lipinski definition) is 2. The third kappa shape index (κ3) is 3.72. The molecule has 5 heteroatoms. The highest BCUT2D eigenvalue weighted by Gasteiger charge is 2.38. The van der Waals surface area contributed by atoms with Crippen LogP contribution < -0.4 is 5.32 Å². The average molecular weight is 316 g/mol. The zero-order valence-corrected chi connectivity index (χ0v) is 13.4. The first-order valence-corrected chi connectivity index (χ1v) is 8.47. The maximum atomic E-state index is 12.3. The molecule has 1 aromatic rings. The van der Waals surface area contributed by atoms with Gasteiger partial charge in [-0.25, -0.2) is 0 Å². The van der Waals surface area contributed by atoms with Gasteiger partial charge in [-0.3, -0.25) is 9.59 Å². The molecule has 0 unspecified atom stereocenters. The van der Waals surface area contributed by atoms with Crippen molar-refractivity contribution in [1.82, 2.24) is 4.90 Å². The minimum Gasteiger partial charge on any atom is -0.380 e. The standard InChI is InChI=1S/C18H24N2O3/c21-16-8-1-4-11-20(16)13-14-6-5-7-15(12-14)19-17(22)18(23)9-2-3-10-18/h5-7,12,23H,1-4,8-11,13H2,(H,19,22). The van der Waals surface area contributed by atoms with Gasteiger partial charge in [0.2, 0.25) is 5.91 Å². The van der Waals surface area contributed by atoms with E-state index in [9.17, 15) is 14.7 Å². The van der Waals surface area contributed by atoms with Crippen LogP contribution in [0.15, 0.2) is 24.3 Å². The highest BCUT2D eigenvalue weighted by molar-refractivity contribution is 5.97. The predicted octanol–water partition coefficient (Wildman–Crippen LogP) is 2.44. The monoisotopic (exact) mass is 316 g/mol. The van der Waals surface area contributed by atoms with Crippen molar-refractivity contribution < 1.29 is 14.7 Å². The minimum absolute atomic E-state index is 0.200. The first-order valence-electron chi connectivity index (χ1n) is 8.47. The predicted molar refractivity (Wildman–Crippen MR) is 87.8 cm³/mol. The van der Waals surface area contributed by atoms with Crippen LogP contribution in [-0.2, 0) is 16.1 Å². The van der Waals surface area contributed by atoms with Crippen molar-refractivity contribution in [2.24, 2.45) is 0 Å². The van der Waals surface area contributed by atoms with E-state index in [2.05, 4.69) is 5.32 Å². The van der Waals surface area contributed by atoms with Crippen molar-refractivity contribution in [2.75, 3.05) is 11.9 Å². The Hall–Kier alpha value is -1.88. The van der Waals surface area contributed by atoms with Crippen molar-refractivity contribution in [2.45, 2.75) is 57.1 Å². The summed E-state index contributed by atoms with van der Waals surface area (Å²) in [6.45, 7) is 1.38. The molecule has 0 aromatic heterocycles. The van der Waals surface area contributed by atoms with Crippen LogP contribution >= 0.6 is 0 Å². The molecule has 124 valence electrons. The lowest BCUT2D eigenvalue weighted by molar-refractivity contribution is -0.134. The fourth-order valence-electron chi connectivity index (χ4n) is 3.43. The molecular formula is C18H24N2O3. The molecule has 23 heavy (non-hydrogen) atoms. The number of aliphatic hydroxyl groups is 1. The SMILES string of the molecule is O=C1CCCCN1Cc1cccc(NC(=O)C2(O)CCCC2)c1. The molecule has 0 radical (unpaired) electrons. The molecule has 1 saturated carbocycles. The van der Waals surface area contributed by atoms with E-state index in [1.165, 1.54) is 0 Å². The van der Waals surface area contributed by atoms with E-state index in [1.54, 1.807) is 0 Å². The second-order valence-electron chi connectivity index (χ2n) is 6.67. The van der Waals surface area contributed by atoms with Gasteiger partial charge in [-0.15, -0.1) is 0 Å². The first kappa shape index (κ1) is 16.0. The van der Waals surface area contributed by atoms with Gasteiger partial charge in [0.1, 0.15) is 5.60 Å². The van der Waals surface area contributed by atoms with Crippen LogP contribution in [0.4, 0.5) is 5.69 Å². The highest BCUT2D eigenvalue weighted by atomic mass is 16.3. The lowest BCUT2D eigenvalue weighted by atomic mass is 10.0. The lowest BCUT2D eigenvalue weighted by Gasteiger charge is -2.27. The van der Waals surface area contributed by atoms with Crippen molar-refractivity contribution in [3.63, 3.8) is 0 Å². The van der Waals surface area contributed by atoms with E-state index < -0.39 is 5.60 Å². The smallest absolute Gasteiger partial charge is 0.256 e. The van der Waals surface area contributed by atoms with Crippen LogP contribution in [0.5, 0.6) is 0 Å². The quantitative estimate of drug-likeness (QED) is 0.896. The van der Waals surface area contributed by atoms with E-state index in [4.69, 9.17) is 0 Å².